The molecule has 3 aliphatic rings. The molecule has 3 heterocycles. The van der Waals surface area contributed by atoms with Crippen LogP contribution >= 0.6 is 11.8 Å². The fraction of sp³-hybridized carbons (Fsp3) is 0.567. The molecule has 9 nitrogen and oxygen atoms in total. The summed E-state index contributed by atoms with van der Waals surface area (Å²) in [5.41, 5.74) is -1.22. The second-order valence-corrected chi connectivity index (χ2v) is 13.2. The van der Waals surface area contributed by atoms with E-state index in [4.69, 9.17) is 9.47 Å². The van der Waals surface area contributed by atoms with Gasteiger partial charge in [-0.3, -0.25) is 4.98 Å². The van der Waals surface area contributed by atoms with Crippen LogP contribution in [0.1, 0.15) is 67.0 Å². The first-order valence-electron chi connectivity index (χ1n) is 14.7. The van der Waals surface area contributed by atoms with Gasteiger partial charge in [0.15, 0.2) is 17.5 Å². The van der Waals surface area contributed by atoms with Gasteiger partial charge in [0.05, 0.1) is 29.3 Å². The lowest BCUT2D eigenvalue weighted by atomic mass is 9.78. The van der Waals surface area contributed by atoms with Gasteiger partial charge in [0.1, 0.15) is 35.5 Å². The van der Waals surface area contributed by atoms with Crippen LogP contribution in [0.25, 0.3) is 11.3 Å². The van der Waals surface area contributed by atoms with E-state index in [0.717, 1.165) is 42.3 Å². The Kier molecular flexibility index (Phi) is 8.95. The zero-order valence-electron chi connectivity index (χ0n) is 24.2. The fourth-order valence-corrected chi connectivity index (χ4v) is 7.98. The van der Waals surface area contributed by atoms with E-state index >= 15 is 0 Å². The number of aliphatic hydroxyl groups is 3. The molecule has 0 bridgehead atoms. The highest BCUT2D eigenvalue weighted by atomic mass is 32.2. The standard InChI is InChI=1S/C30H33F5N4O5S/c1-43-26-24(39-13-20(37-38-39)16-11-18(31)22(33)19(32)12-16)25(41)21(14-40)44-28(26)45-27(29(42)6-8-30(34,35)9-7-29)23-17(15-4-5-15)3-2-10-36-23/h2-3,10-13,15,21,24-28,40-42H,4-9,14H2,1H3/t21-,24+,25+,26-,27?,28+/m1/s1. The van der Waals surface area contributed by atoms with E-state index in [0.29, 0.717) is 5.69 Å². The van der Waals surface area contributed by atoms with Crippen molar-refractivity contribution in [2.24, 2.45) is 0 Å². The van der Waals surface area contributed by atoms with E-state index in [-0.39, 0.29) is 30.0 Å². The predicted octanol–water partition coefficient (Wildman–Crippen LogP) is 4.68. The van der Waals surface area contributed by atoms with Crippen LogP contribution in [0.5, 0.6) is 0 Å². The van der Waals surface area contributed by atoms with Crippen LogP contribution in [0.4, 0.5) is 22.0 Å². The summed E-state index contributed by atoms with van der Waals surface area (Å²) >= 11 is 1.12. The van der Waals surface area contributed by atoms with E-state index in [1.807, 2.05) is 6.07 Å². The molecule has 0 spiro atoms. The Morgan fingerprint density at radius 3 is 2.44 bits per heavy atom. The normalized spacial score (nSPS) is 28.6. The van der Waals surface area contributed by atoms with Gasteiger partial charge in [0.25, 0.3) is 0 Å². The highest BCUT2D eigenvalue weighted by Crippen LogP contribution is 2.55. The van der Waals surface area contributed by atoms with Gasteiger partial charge in [-0.2, -0.15) is 0 Å². The van der Waals surface area contributed by atoms with E-state index in [9.17, 15) is 37.3 Å². The number of nitrogens with zero attached hydrogens (tertiary/aromatic N) is 4. The van der Waals surface area contributed by atoms with E-state index < -0.39 is 83.5 Å². The molecule has 2 saturated carbocycles. The van der Waals surface area contributed by atoms with Gasteiger partial charge in [0.2, 0.25) is 5.92 Å². The van der Waals surface area contributed by atoms with E-state index in [1.54, 1.807) is 12.3 Å². The van der Waals surface area contributed by atoms with Crippen molar-refractivity contribution < 1.29 is 46.7 Å². The van der Waals surface area contributed by atoms with Crippen LogP contribution in [0.2, 0.25) is 0 Å². The molecule has 1 aromatic carbocycles. The Bertz CT molecular complexity index is 1490. The third-order valence-corrected chi connectivity index (χ3v) is 10.5. The van der Waals surface area contributed by atoms with Crippen molar-refractivity contribution in [3.63, 3.8) is 0 Å². The maximum absolute atomic E-state index is 14.3. The van der Waals surface area contributed by atoms with Crippen LogP contribution in [0.15, 0.2) is 36.7 Å². The highest BCUT2D eigenvalue weighted by molar-refractivity contribution is 8.00. The quantitative estimate of drug-likeness (QED) is 0.223. The number of aromatic nitrogens is 4. The molecule has 6 atom stereocenters. The molecular formula is C30H33F5N4O5S. The summed E-state index contributed by atoms with van der Waals surface area (Å²) < 4.78 is 83.1. The van der Waals surface area contributed by atoms with E-state index in [1.165, 1.54) is 18.0 Å². The number of pyridine rings is 1. The molecule has 1 aliphatic heterocycles. The average Bonchev–Trinajstić information content (AvgIpc) is 3.76. The lowest BCUT2D eigenvalue weighted by Crippen LogP contribution is -2.56. The summed E-state index contributed by atoms with van der Waals surface area (Å²) in [4.78, 5) is 4.62. The molecule has 0 radical (unpaired) electrons. The number of alkyl halides is 2. The lowest BCUT2D eigenvalue weighted by molar-refractivity contribution is -0.186. The fourth-order valence-electron chi connectivity index (χ4n) is 6.26. The Balaban J connectivity index is 1.36. The maximum atomic E-state index is 14.3. The van der Waals surface area contributed by atoms with Crippen LogP contribution < -0.4 is 0 Å². The smallest absolute Gasteiger partial charge is 0.248 e. The molecule has 6 rings (SSSR count). The number of rotatable bonds is 9. The number of benzene rings is 1. The van der Waals surface area contributed by atoms with E-state index in [2.05, 4.69) is 15.3 Å². The van der Waals surface area contributed by atoms with Gasteiger partial charge >= 0.3 is 0 Å². The summed E-state index contributed by atoms with van der Waals surface area (Å²) in [6, 6.07) is 4.18. The van der Waals surface area contributed by atoms with Crippen molar-refractivity contribution in [2.45, 2.75) is 91.0 Å². The number of ether oxygens (including phenoxy) is 2. The van der Waals surface area contributed by atoms with Crippen molar-refractivity contribution in [1.82, 2.24) is 20.0 Å². The number of thioether (sulfide) groups is 1. The Hall–Kier alpha value is -2.69. The first-order chi connectivity index (χ1) is 21.4. The van der Waals surface area contributed by atoms with Crippen LogP contribution in [-0.4, -0.2) is 84.3 Å². The minimum Gasteiger partial charge on any atom is -0.394 e. The first kappa shape index (κ1) is 32.3. The molecule has 1 unspecified atom stereocenters. The Morgan fingerprint density at radius 1 is 1.13 bits per heavy atom. The minimum atomic E-state index is -2.90. The third-order valence-electron chi connectivity index (χ3n) is 8.93. The summed E-state index contributed by atoms with van der Waals surface area (Å²) in [7, 11) is 1.37. The number of methoxy groups -OCH3 is 1. The third kappa shape index (κ3) is 6.34. The van der Waals surface area contributed by atoms with Gasteiger partial charge in [-0.25, -0.2) is 26.6 Å². The molecule has 2 aliphatic carbocycles. The second kappa shape index (κ2) is 12.5. The highest BCUT2D eigenvalue weighted by Gasteiger charge is 2.53. The molecular weight excluding hydrogens is 623 g/mol. The van der Waals surface area contributed by atoms with Gasteiger partial charge in [-0.15, -0.1) is 16.9 Å². The Labute approximate surface area is 259 Å². The zero-order chi connectivity index (χ0) is 32.1. The molecule has 244 valence electrons. The number of hydrogen-bond donors (Lipinski definition) is 3. The van der Waals surface area contributed by atoms with Crippen LogP contribution in [0, 0.1) is 17.5 Å². The molecule has 3 aromatic rings. The topological polar surface area (TPSA) is 123 Å². The molecule has 0 amide bonds. The second-order valence-electron chi connectivity index (χ2n) is 12.0. The maximum Gasteiger partial charge on any atom is 0.248 e. The molecule has 3 fully saturated rings. The number of aliphatic hydroxyl groups excluding tert-OH is 2. The summed E-state index contributed by atoms with van der Waals surface area (Å²) in [5, 5.41) is 40.6. The molecule has 3 N–H and O–H groups in total. The Morgan fingerprint density at radius 2 is 1.82 bits per heavy atom. The molecule has 45 heavy (non-hydrogen) atoms. The van der Waals surface area contributed by atoms with Gasteiger partial charge in [-0.05, 0) is 55.4 Å². The van der Waals surface area contributed by atoms with Crippen molar-refractivity contribution in [3.05, 3.63) is 65.4 Å². The van der Waals surface area contributed by atoms with Crippen molar-refractivity contribution in [2.75, 3.05) is 13.7 Å². The van der Waals surface area contributed by atoms with Crippen LogP contribution in [0.3, 0.4) is 0 Å². The zero-order valence-corrected chi connectivity index (χ0v) is 25.0. The number of halogens is 5. The SMILES string of the molecule is CO[C@@H]1[C@@H](n2cc(-c3cc(F)c(F)c(F)c3)nn2)[C@@H](O)[C@@H](CO)O[C@H]1SC(c1ncccc1C1CC1)C1(O)CCC(F)(F)CC1. The lowest BCUT2D eigenvalue weighted by Gasteiger charge is -2.47. The van der Waals surface area contributed by atoms with Gasteiger partial charge in [-0.1, -0.05) is 11.3 Å². The van der Waals surface area contributed by atoms with Crippen molar-refractivity contribution in [3.8, 4) is 11.3 Å². The monoisotopic (exact) mass is 656 g/mol. The van der Waals surface area contributed by atoms with Gasteiger partial charge in [0, 0.05) is 31.7 Å². The minimum absolute atomic E-state index is 0.0241. The van der Waals surface area contributed by atoms with Crippen LogP contribution in [-0.2, 0) is 9.47 Å². The summed E-state index contributed by atoms with van der Waals surface area (Å²) in [5.74, 6) is -7.14. The number of hydrogen-bond acceptors (Lipinski definition) is 9. The van der Waals surface area contributed by atoms with Crippen molar-refractivity contribution >= 4 is 11.8 Å². The largest absolute Gasteiger partial charge is 0.394 e. The average molecular weight is 657 g/mol. The summed E-state index contributed by atoms with van der Waals surface area (Å²) in [6.07, 6.45) is -0.188. The predicted molar refractivity (Wildman–Crippen MR) is 152 cm³/mol. The molecule has 1 saturated heterocycles. The van der Waals surface area contributed by atoms with Gasteiger partial charge < -0.3 is 24.8 Å². The molecule has 15 heteroatoms. The van der Waals surface area contributed by atoms with Crippen molar-refractivity contribution in [1.29, 1.82) is 0 Å². The first-order valence-corrected chi connectivity index (χ1v) is 15.6. The summed E-state index contributed by atoms with van der Waals surface area (Å²) in [6.45, 7) is -0.612. The molecule has 2 aromatic heterocycles.